The zero-order valence-corrected chi connectivity index (χ0v) is 11.6. The molecular formula is C15H26O3. The maximum absolute atomic E-state index is 10.3. The summed E-state index contributed by atoms with van der Waals surface area (Å²) in [6.45, 7) is 10.2. The summed E-state index contributed by atoms with van der Waals surface area (Å²) < 4.78 is 0. The predicted molar refractivity (Wildman–Crippen MR) is 70.9 cm³/mol. The lowest BCUT2D eigenvalue weighted by Crippen LogP contribution is -2.53. The van der Waals surface area contributed by atoms with Crippen molar-refractivity contribution in [3.05, 3.63) is 12.2 Å². The predicted octanol–water partition coefficient (Wildman–Crippen LogP) is 1.57. The van der Waals surface area contributed by atoms with Gasteiger partial charge in [-0.1, -0.05) is 27.4 Å². The van der Waals surface area contributed by atoms with Crippen molar-refractivity contribution < 1.29 is 15.3 Å². The highest BCUT2D eigenvalue weighted by Crippen LogP contribution is 2.49. The van der Waals surface area contributed by atoms with Gasteiger partial charge in [0.15, 0.2) is 0 Å². The second-order valence-corrected chi connectivity index (χ2v) is 6.62. The van der Waals surface area contributed by atoms with Crippen LogP contribution in [-0.4, -0.2) is 33.6 Å². The molecule has 0 aromatic carbocycles. The van der Waals surface area contributed by atoms with Crippen LogP contribution in [0.3, 0.4) is 0 Å². The Morgan fingerprint density at radius 3 is 2.33 bits per heavy atom. The van der Waals surface area contributed by atoms with E-state index in [0.717, 1.165) is 12.0 Å². The highest BCUT2D eigenvalue weighted by Gasteiger charge is 2.49. The summed E-state index contributed by atoms with van der Waals surface area (Å²) in [6, 6.07) is 0. The van der Waals surface area contributed by atoms with Gasteiger partial charge in [0.25, 0.3) is 0 Å². The van der Waals surface area contributed by atoms with Crippen LogP contribution in [0.2, 0.25) is 0 Å². The van der Waals surface area contributed by atoms with Gasteiger partial charge in [0.05, 0.1) is 12.2 Å². The number of aliphatic hydroxyl groups excluding tert-OH is 3. The first-order valence-electron chi connectivity index (χ1n) is 7.07. The fourth-order valence-corrected chi connectivity index (χ4v) is 4.06. The van der Waals surface area contributed by atoms with Crippen molar-refractivity contribution in [2.45, 2.75) is 51.9 Å². The molecule has 0 amide bonds. The van der Waals surface area contributed by atoms with Crippen molar-refractivity contribution >= 4 is 0 Å². The second-order valence-electron chi connectivity index (χ2n) is 6.62. The Balaban J connectivity index is 2.30. The molecule has 2 rings (SSSR count). The van der Waals surface area contributed by atoms with Crippen molar-refractivity contribution in [1.82, 2.24) is 0 Å². The largest absolute Gasteiger partial charge is 0.393 e. The van der Waals surface area contributed by atoms with Crippen molar-refractivity contribution in [2.75, 3.05) is 0 Å². The molecule has 2 aliphatic rings. The molecule has 0 aromatic heterocycles. The monoisotopic (exact) mass is 254 g/mol. The van der Waals surface area contributed by atoms with Gasteiger partial charge in [-0.2, -0.15) is 0 Å². The lowest BCUT2D eigenvalue weighted by atomic mass is 9.57. The summed E-state index contributed by atoms with van der Waals surface area (Å²) in [7, 11) is 0. The Kier molecular flexibility index (Phi) is 3.86. The molecule has 0 unspecified atom stereocenters. The molecule has 7 atom stereocenters. The number of rotatable bonds is 1. The topological polar surface area (TPSA) is 60.7 Å². The Bertz CT molecular complexity index is 326. The second kappa shape index (κ2) is 4.95. The summed E-state index contributed by atoms with van der Waals surface area (Å²) in [5, 5.41) is 30.4. The summed E-state index contributed by atoms with van der Waals surface area (Å²) in [5.41, 5.74) is 0.718. The fourth-order valence-electron chi connectivity index (χ4n) is 4.06. The molecule has 18 heavy (non-hydrogen) atoms. The van der Waals surface area contributed by atoms with Crippen LogP contribution >= 0.6 is 0 Å². The molecule has 104 valence electrons. The van der Waals surface area contributed by atoms with Crippen molar-refractivity contribution in [3.63, 3.8) is 0 Å². The van der Waals surface area contributed by atoms with E-state index in [4.69, 9.17) is 0 Å². The van der Waals surface area contributed by atoms with E-state index in [1.807, 2.05) is 0 Å². The molecule has 0 radical (unpaired) electrons. The minimum Gasteiger partial charge on any atom is -0.393 e. The summed E-state index contributed by atoms with van der Waals surface area (Å²) in [5.74, 6) is 1.20. The van der Waals surface area contributed by atoms with Gasteiger partial charge >= 0.3 is 0 Å². The molecule has 2 fully saturated rings. The molecular weight excluding hydrogens is 228 g/mol. The molecule has 0 heterocycles. The van der Waals surface area contributed by atoms with Gasteiger partial charge in [-0.3, -0.25) is 0 Å². The normalized spacial score (nSPS) is 49.3. The minimum atomic E-state index is -0.834. The molecule has 0 bridgehead atoms. The van der Waals surface area contributed by atoms with Crippen LogP contribution in [0.15, 0.2) is 12.2 Å². The van der Waals surface area contributed by atoms with Gasteiger partial charge in [-0.05, 0) is 48.0 Å². The first-order chi connectivity index (χ1) is 8.34. The van der Waals surface area contributed by atoms with Crippen molar-refractivity contribution in [2.24, 2.45) is 29.6 Å². The van der Waals surface area contributed by atoms with Gasteiger partial charge in [-0.15, -0.1) is 0 Å². The van der Waals surface area contributed by atoms with Crippen LogP contribution in [0, 0.1) is 29.6 Å². The van der Waals surface area contributed by atoms with E-state index in [0.29, 0.717) is 18.3 Å². The van der Waals surface area contributed by atoms with Gasteiger partial charge in [0.1, 0.15) is 6.10 Å². The van der Waals surface area contributed by atoms with Gasteiger partial charge in [-0.25, -0.2) is 0 Å². The average Bonchev–Trinajstić information content (AvgIpc) is 2.29. The first-order valence-corrected chi connectivity index (χ1v) is 7.07. The fraction of sp³-hybridized carbons (Fsp3) is 0.867. The molecule has 0 aromatic rings. The highest BCUT2D eigenvalue weighted by atomic mass is 16.3. The third-order valence-corrected chi connectivity index (χ3v) is 5.15. The maximum atomic E-state index is 10.3. The van der Waals surface area contributed by atoms with E-state index in [-0.39, 0.29) is 23.9 Å². The van der Waals surface area contributed by atoms with Crippen LogP contribution < -0.4 is 0 Å². The van der Waals surface area contributed by atoms with Crippen LogP contribution in [0.5, 0.6) is 0 Å². The lowest BCUT2D eigenvalue weighted by Gasteiger charge is -2.51. The molecule has 0 spiro atoms. The number of fused-ring (bicyclic) bond motifs is 1. The van der Waals surface area contributed by atoms with Gasteiger partial charge < -0.3 is 15.3 Å². The van der Waals surface area contributed by atoms with E-state index < -0.39 is 12.2 Å². The molecule has 3 heteroatoms. The smallest absolute Gasteiger partial charge is 0.101 e. The summed E-state index contributed by atoms with van der Waals surface area (Å²) in [4.78, 5) is 0. The van der Waals surface area contributed by atoms with Crippen LogP contribution in [-0.2, 0) is 0 Å². The highest BCUT2D eigenvalue weighted by molar-refractivity contribution is 5.19. The van der Waals surface area contributed by atoms with E-state index in [9.17, 15) is 15.3 Å². The quantitative estimate of drug-likeness (QED) is 0.623. The van der Waals surface area contributed by atoms with E-state index in [1.54, 1.807) is 0 Å². The Morgan fingerprint density at radius 2 is 1.78 bits per heavy atom. The molecule has 3 nitrogen and oxygen atoms in total. The third-order valence-electron chi connectivity index (χ3n) is 5.15. The summed E-state index contributed by atoms with van der Waals surface area (Å²) >= 11 is 0. The maximum Gasteiger partial charge on any atom is 0.101 e. The van der Waals surface area contributed by atoms with E-state index in [2.05, 4.69) is 27.4 Å². The van der Waals surface area contributed by atoms with Crippen molar-refractivity contribution in [3.8, 4) is 0 Å². The minimum absolute atomic E-state index is 0.102. The molecule has 0 aliphatic heterocycles. The third kappa shape index (κ3) is 2.13. The van der Waals surface area contributed by atoms with Crippen LogP contribution in [0.1, 0.15) is 33.6 Å². The standard InChI is InChI=1S/C15H26O3/c1-7(2)13-11-5-8(3)12(16)6-10(11)9(4)14(17)15(13)18/h7-8,10-18H,4-6H2,1-3H3/t8-,10-,11+,12+,13-,14+,15+/m1/s1. The molecule has 2 aliphatic carbocycles. The average molecular weight is 254 g/mol. The molecule has 3 N–H and O–H groups in total. The van der Waals surface area contributed by atoms with E-state index >= 15 is 0 Å². The van der Waals surface area contributed by atoms with Gasteiger partial charge in [0.2, 0.25) is 0 Å². The molecule has 2 saturated carbocycles. The van der Waals surface area contributed by atoms with Gasteiger partial charge in [0, 0.05) is 0 Å². The molecule has 0 saturated heterocycles. The number of aliphatic hydroxyl groups is 3. The number of hydrogen-bond donors (Lipinski definition) is 3. The van der Waals surface area contributed by atoms with Crippen LogP contribution in [0.4, 0.5) is 0 Å². The van der Waals surface area contributed by atoms with Crippen molar-refractivity contribution in [1.29, 1.82) is 0 Å². The lowest BCUT2D eigenvalue weighted by molar-refractivity contribution is -0.102. The number of hydrogen-bond acceptors (Lipinski definition) is 3. The Morgan fingerprint density at radius 1 is 1.17 bits per heavy atom. The first kappa shape index (κ1) is 14.0. The Labute approximate surface area is 110 Å². The summed E-state index contributed by atoms with van der Waals surface area (Å²) in [6.07, 6.45) is -0.256. The zero-order valence-electron chi connectivity index (χ0n) is 11.6. The van der Waals surface area contributed by atoms with E-state index in [1.165, 1.54) is 0 Å². The zero-order chi connectivity index (χ0) is 13.6. The SMILES string of the molecule is C=C1[C@H]2C[C@H](O)[C@H](C)C[C@@H]2[C@@H](C(C)C)[C@H](O)[C@H]1O. The Hall–Kier alpha value is -0.380. The van der Waals surface area contributed by atoms with Crippen LogP contribution in [0.25, 0.3) is 0 Å².